The summed E-state index contributed by atoms with van der Waals surface area (Å²) in [6, 6.07) is 13.3. The Hall–Kier alpha value is -1.26. The highest BCUT2D eigenvalue weighted by Gasteiger charge is 2.38. The van der Waals surface area contributed by atoms with E-state index >= 15 is 0 Å². The Bertz CT molecular complexity index is 912. The van der Waals surface area contributed by atoms with Gasteiger partial charge in [0.1, 0.15) is 5.75 Å². The number of benzene rings is 2. The minimum atomic E-state index is 0.261. The summed E-state index contributed by atoms with van der Waals surface area (Å²) in [6.07, 6.45) is 7.65. The lowest BCUT2D eigenvalue weighted by molar-refractivity contribution is 0.200. The molecule has 0 radical (unpaired) electrons. The Morgan fingerprint density at radius 1 is 0.935 bits per heavy atom. The summed E-state index contributed by atoms with van der Waals surface area (Å²) in [6.45, 7) is 6.60. The zero-order valence-corrected chi connectivity index (χ0v) is 19.7. The Labute approximate surface area is 196 Å². The van der Waals surface area contributed by atoms with Crippen molar-refractivity contribution in [3.05, 3.63) is 63.1 Å². The number of fused-ring (bicyclic) bond motifs is 3. The van der Waals surface area contributed by atoms with Crippen molar-refractivity contribution < 1.29 is 4.74 Å². The summed E-state index contributed by atoms with van der Waals surface area (Å²) in [5.74, 6) is 1.32. The molecule has 2 atom stereocenters. The van der Waals surface area contributed by atoms with Crippen LogP contribution in [0, 0.1) is 0 Å². The molecule has 0 amide bonds. The fourth-order valence-corrected chi connectivity index (χ4v) is 6.03. The maximum Gasteiger partial charge on any atom is 0.123 e. The van der Waals surface area contributed by atoms with Gasteiger partial charge in [0, 0.05) is 30.6 Å². The quantitative estimate of drug-likeness (QED) is 0.457. The van der Waals surface area contributed by atoms with E-state index in [1.165, 1.54) is 68.4 Å². The van der Waals surface area contributed by atoms with Crippen molar-refractivity contribution in [3.8, 4) is 5.75 Å². The van der Waals surface area contributed by atoms with E-state index in [0.717, 1.165) is 31.9 Å². The van der Waals surface area contributed by atoms with Gasteiger partial charge in [-0.15, -0.1) is 0 Å². The van der Waals surface area contributed by atoms with Crippen LogP contribution in [0.15, 0.2) is 36.4 Å². The van der Waals surface area contributed by atoms with Crippen LogP contribution in [0.25, 0.3) is 0 Å². The third kappa shape index (κ3) is 4.61. The maximum absolute atomic E-state index is 6.45. The molecule has 0 aromatic heterocycles. The monoisotopic (exact) mass is 458 g/mol. The molecule has 5 rings (SSSR count). The molecule has 166 valence electrons. The summed E-state index contributed by atoms with van der Waals surface area (Å²) in [5, 5.41) is 1.24. The zero-order valence-electron chi connectivity index (χ0n) is 18.2. The van der Waals surface area contributed by atoms with E-state index in [1.54, 1.807) is 0 Å². The van der Waals surface area contributed by atoms with Crippen molar-refractivity contribution in [2.24, 2.45) is 0 Å². The Morgan fingerprint density at radius 2 is 1.81 bits per heavy atom. The first kappa shape index (κ1) is 21.6. The number of hydrogen-bond donors (Lipinski definition) is 0. The Kier molecular flexibility index (Phi) is 6.75. The number of ether oxygens (including phenoxy) is 1. The molecule has 31 heavy (non-hydrogen) atoms. The van der Waals surface area contributed by atoms with Crippen molar-refractivity contribution in [1.29, 1.82) is 0 Å². The molecule has 2 aromatic carbocycles. The molecule has 0 aliphatic carbocycles. The van der Waals surface area contributed by atoms with Gasteiger partial charge in [-0.1, -0.05) is 47.8 Å². The second kappa shape index (κ2) is 9.70. The van der Waals surface area contributed by atoms with Crippen LogP contribution >= 0.6 is 23.2 Å². The SMILES string of the molecule is Clc1ccc([C@@H]2CN3CCC[C@@H]3c3cccc(OCCCN4CCCCC4)c32)cc1Cl. The Balaban J connectivity index is 1.38. The first-order valence-corrected chi connectivity index (χ1v) is 12.6. The van der Waals surface area contributed by atoms with Crippen LogP contribution < -0.4 is 4.74 Å². The molecular weight excluding hydrogens is 427 g/mol. The summed E-state index contributed by atoms with van der Waals surface area (Å²) in [5.41, 5.74) is 4.03. The van der Waals surface area contributed by atoms with Crippen molar-refractivity contribution in [2.45, 2.75) is 50.5 Å². The maximum atomic E-state index is 6.45. The normalized spacial score (nSPS) is 24.1. The first-order valence-electron chi connectivity index (χ1n) is 11.9. The van der Waals surface area contributed by atoms with Gasteiger partial charge in [0.05, 0.1) is 16.7 Å². The van der Waals surface area contributed by atoms with E-state index in [9.17, 15) is 0 Å². The van der Waals surface area contributed by atoms with Gasteiger partial charge in [0.15, 0.2) is 0 Å². The molecule has 0 bridgehead atoms. The van der Waals surface area contributed by atoms with E-state index in [0.29, 0.717) is 16.1 Å². The van der Waals surface area contributed by atoms with Gasteiger partial charge in [-0.3, -0.25) is 4.90 Å². The topological polar surface area (TPSA) is 15.7 Å². The first-order chi connectivity index (χ1) is 15.2. The molecule has 2 fully saturated rings. The fraction of sp³-hybridized carbons (Fsp3) is 0.538. The van der Waals surface area contributed by atoms with Gasteiger partial charge >= 0.3 is 0 Å². The molecule has 3 nitrogen and oxygen atoms in total. The molecule has 2 saturated heterocycles. The highest BCUT2D eigenvalue weighted by molar-refractivity contribution is 6.42. The molecule has 0 N–H and O–H groups in total. The molecule has 3 aliphatic rings. The molecule has 0 unspecified atom stereocenters. The largest absolute Gasteiger partial charge is 0.493 e. The average molecular weight is 459 g/mol. The average Bonchev–Trinajstić information content (AvgIpc) is 3.28. The van der Waals surface area contributed by atoms with Crippen molar-refractivity contribution in [1.82, 2.24) is 9.80 Å². The van der Waals surface area contributed by atoms with Crippen LogP contribution in [-0.2, 0) is 0 Å². The van der Waals surface area contributed by atoms with Crippen LogP contribution in [0.1, 0.15) is 67.2 Å². The highest BCUT2D eigenvalue weighted by Crippen LogP contribution is 2.48. The lowest BCUT2D eigenvalue weighted by atomic mass is 9.81. The second-order valence-electron chi connectivity index (χ2n) is 9.24. The lowest BCUT2D eigenvalue weighted by Gasteiger charge is -2.38. The van der Waals surface area contributed by atoms with E-state index in [4.69, 9.17) is 27.9 Å². The second-order valence-corrected chi connectivity index (χ2v) is 10.1. The van der Waals surface area contributed by atoms with Gasteiger partial charge in [0.25, 0.3) is 0 Å². The van der Waals surface area contributed by atoms with E-state index in [2.05, 4.69) is 34.1 Å². The van der Waals surface area contributed by atoms with Crippen molar-refractivity contribution in [3.63, 3.8) is 0 Å². The number of piperidine rings is 1. The summed E-state index contributed by atoms with van der Waals surface area (Å²) >= 11 is 12.6. The predicted octanol–water partition coefficient (Wildman–Crippen LogP) is 6.53. The molecule has 0 spiro atoms. The number of nitrogens with zero attached hydrogens (tertiary/aromatic N) is 2. The minimum Gasteiger partial charge on any atom is -0.493 e. The number of hydrogen-bond acceptors (Lipinski definition) is 3. The molecule has 3 aliphatic heterocycles. The van der Waals surface area contributed by atoms with E-state index in [1.807, 2.05) is 12.1 Å². The van der Waals surface area contributed by atoms with Gasteiger partial charge in [0.2, 0.25) is 0 Å². The van der Waals surface area contributed by atoms with Crippen LogP contribution in [-0.4, -0.2) is 49.1 Å². The third-order valence-corrected chi connectivity index (χ3v) is 8.00. The predicted molar refractivity (Wildman–Crippen MR) is 129 cm³/mol. The van der Waals surface area contributed by atoms with Crippen LogP contribution in [0.4, 0.5) is 0 Å². The molecule has 5 heteroatoms. The van der Waals surface area contributed by atoms with Gasteiger partial charge < -0.3 is 9.64 Å². The van der Waals surface area contributed by atoms with Crippen LogP contribution in [0.3, 0.4) is 0 Å². The smallest absolute Gasteiger partial charge is 0.123 e. The number of likely N-dealkylation sites (tertiary alicyclic amines) is 1. The van der Waals surface area contributed by atoms with Crippen LogP contribution in [0.2, 0.25) is 10.0 Å². The standard InChI is InChI=1S/C26H32Cl2N2O/c27-22-11-10-19(17-23(22)28)21-18-30-15-5-8-24(30)20-7-4-9-25(26(20)21)31-16-6-14-29-12-2-1-3-13-29/h4,7,9-11,17,21,24H,1-3,5-6,8,12-16,18H2/t21-,24+/m0/s1. The third-order valence-electron chi connectivity index (χ3n) is 7.26. The molecular formula is C26H32Cl2N2O. The van der Waals surface area contributed by atoms with E-state index < -0.39 is 0 Å². The van der Waals surface area contributed by atoms with E-state index in [-0.39, 0.29) is 5.92 Å². The van der Waals surface area contributed by atoms with Gasteiger partial charge in [-0.05, 0) is 81.1 Å². The summed E-state index contributed by atoms with van der Waals surface area (Å²) in [7, 11) is 0. The molecule has 3 heterocycles. The zero-order chi connectivity index (χ0) is 21.2. The van der Waals surface area contributed by atoms with Crippen molar-refractivity contribution >= 4 is 23.2 Å². The fourth-order valence-electron chi connectivity index (χ4n) is 5.73. The number of rotatable bonds is 6. The van der Waals surface area contributed by atoms with Crippen molar-refractivity contribution in [2.75, 3.05) is 39.3 Å². The highest BCUT2D eigenvalue weighted by atomic mass is 35.5. The number of halogens is 2. The lowest BCUT2D eigenvalue weighted by Crippen LogP contribution is -2.35. The summed E-state index contributed by atoms with van der Waals surface area (Å²) < 4.78 is 6.45. The van der Waals surface area contributed by atoms with Gasteiger partial charge in [-0.25, -0.2) is 0 Å². The molecule has 2 aromatic rings. The summed E-state index contributed by atoms with van der Waals surface area (Å²) in [4.78, 5) is 5.22. The Morgan fingerprint density at radius 3 is 2.65 bits per heavy atom. The van der Waals surface area contributed by atoms with Gasteiger partial charge in [-0.2, -0.15) is 0 Å². The molecule has 0 saturated carbocycles. The van der Waals surface area contributed by atoms with Crippen LogP contribution in [0.5, 0.6) is 5.75 Å². The minimum absolute atomic E-state index is 0.261.